The molecule has 0 N–H and O–H groups in total. The average molecular weight is 166 g/mol. The topological polar surface area (TPSA) is 0 Å². The maximum absolute atomic E-state index is 6.08. The van der Waals surface area contributed by atoms with Crippen molar-refractivity contribution >= 4 is 7.85 Å². The van der Waals surface area contributed by atoms with E-state index in [9.17, 15) is 0 Å². The summed E-state index contributed by atoms with van der Waals surface area (Å²) in [6.45, 7) is 9.01. The Morgan fingerprint density at radius 2 is 1.33 bits per heavy atom. The van der Waals surface area contributed by atoms with Gasteiger partial charge in [0, 0.05) is 0 Å². The van der Waals surface area contributed by atoms with Gasteiger partial charge in [-0.3, -0.25) is 0 Å². The van der Waals surface area contributed by atoms with Crippen molar-refractivity contribution in [3.63, 3.8) is 0 Å². The molecule has 0 heterocycles. The van der Waals surface area contributed by atoms with E-state index in [2.05, 4.69) is 27.7 Å². The van der Waals surface area contributed by atoms with Crippen LogP contribution in [0.15, 0.2) is 0 Å². The summed E-state index contributed by atoms with van der Waals surface area (Å²) in [7, 11) is 6.08. The van der Waals surface area contributed by atoms with Gasteiger partial charge < -0.3 is 0 Å². The second-order valence-corrected chi connectivity index (χ2v) is 3.72. The molecule has 2 radical (unpaired) electrons. The summed E-state index contributed by atoms with van der Waals surface area (Å²) in [6.07, 6.45) is 4.92. The van der Waals surface area contributed by atoms with Crippen LogP contribution >= 0.6 is 0 Å². The SMILES string of the molecule is [B]C(CC)C(CC)C(CC)CC. The third-order valence-electron chi connectivity index (χ3n) is 3.15. The third-order valence-corrected chi connectivity index (χ3v) is 3.15. The molecule has 0 nitrogen and oxygen atoms in total. The smallest absolute Gasteiger partial charge is 0.0703 e. The predicted molar refractivity (Wildman–Crippen MR) is 57.6 cm³/mol. The van der Waals surface area contributed by atoms with Gasteiger partial charge in [0.15, 0.2) is 0 Å². The summed E-state index contributed by atoms with van der Waals surface area (Å²) in [6, 6.07) is 0. The Labute approximate surface area is 79.5 Å². The molecule has 70 valence electrons. The van der Waals surface area contributed by atoms with E-state index < -0.39 is 0 Å². The largest absolute Gasteiger partial charge is 0.0746 e. The van der Waals surface area contributed by atoms with Crippen molar-refractivity contribution in [3.05, 3.63) is 0 Å². The summed E-state index contributed by atoms with van der Waals surface area (Å²) in [5.74, 6) is 2.00. The van der Waals surface area contributed by atoms with E-state index in [4.69, 9.17) is 7.85 Å². The molecule has 2 atom stereocenters. The second kappa shape index (κ2) is 6.57. The van der Waals surface area contributed by atoms with Gasteiger partial charge in [0.25, 0.3) is 0 Å². The van der Waals surface area contributed by atoms with Gasteiger partial charge in [0.1, 0.15) is 0 Å². The Bertz CT molecular complexity index is 97.2. The molecule has 0 spiro atoms. The van der Waals surface area contributed by atoms with Gasteiger partial charge in [-0.1, -0.05) is 59.2 Å². The maximum atomic E-state index is 6.08. The van der Waals surface area contributed by atoms with Gasteiger partial charge in [-0.15, -0.1) is 0 Å². The Morgan fingerprint density at radius 1 is 0.833 bits per heavy atom. The Balaban J connectivity index is 4.09. The molecule has 0 aromatic carbocycles. The molecule has 0 aliphatic heterocycles. The highest BCUT2D eigenvalue weighted by atomic mass is 14.2. The monoisotopic (exact) mass is 166 g/mol. The lowest BCUT2D eigenvalue weighted by atomic mass is 9.67. The highest BCUT2D eigenvalue weighted by molar-refractivity contribution is 6.11. The fourth-order valence-corrected chi connectivity index (χ4v) is 2.18. The first-order chi connectivity index (χ1) is 5.71. The van der Waals surface area contributed by atoms with E-state index >= 15 is 0 Å². The lowest BCUT2D eigenvalue weighted by Crippen LogP contribution is -2.18. The van der Waals surface area contributed by atoms with Crippen molar-refractivity contribution < 1.29 is 0 Å². The molecule has 0 aliphatic carbocycles. The molecule has 2 unspecified atom stereocenters. The second-order valence-electron chi connectivity index (χ2n) is 3.72. The molecule has 0 bridgehead atoms. The minimum atomic E-state index is 0.417. The highest BCUT2D eigenvalue weighted by Crippen LogP contribution is 2.33. The molecular formula is C11H23B. The summed E-state index contributed by atoms with van der Waals surface area (Å²) in [5.41, 5.74) is 0. The molecule has 0 amide bonds. The molecule has 12 heavy (non-hydrogen) atoms. The molecule has 0 aliphatic rings. The third kappa shape index (κ3) is 3.20. The highest BCUT2D eigenvalue weighted by Gasteiger charge is 2.20. The molecule has 0 saturated heterocycles. The predicted octanol–water partition coefficient (Wildman–Crippen LogP) is 3.82. The minimum absolute atomic E-state index is 0.417. The first-order valence-corrected chi connectivity index (χ1v) is 5.46. The Kier molecular flexibility index (Phi) is 6.60. The van der Waals surface area contributed by atoms with Crippen LogP contribution in [0.3, 0.4) is 0 Å². The van der Waals surface area contributed by atoms with Crippen LogP contribution in [0.2, 0.25) is 5.82 Å². The van der Waals surface area contributed by atoms with Crippen molar-refractivity contribution in [2.24, 2.45) is 11.8 Å². The lowest BCUT2D eigenvalue weighted by molar-refractivity contribution is 0.285. The zero-order valence-electron chi connectivity index (χ0n) is 9.14. The van der Waals surface area contributed by atoms with Gasteiger partial charge in [-0.25, -0.2) is 0 Å². The van der Waals surface area contributed by atoms with Crippen molar-refractivity contribution in [1.29, 1.82) is 0 Å². The van der Waals surface area contributed by atoms with Gasteiger partial charge >= 0.3 is 0 Å². The summed E-state index contributed by atoms with van der Waals surface area (Å²) in [5, 5.41) is 0. The summed E-state index contributed by atoms with van der Waals surface area (Å²) < 4.78 is 0. The Morgan fingerprint density at radius 3 is 1.58 bits per heavy atom. The standard InChI is InChI=1S/C11H23B/c1-5-9(6-2)10(7-3)11(12)8-4/h9-11H,5-8H2,1-4H3. The van der Waals surface area contributed by atoms with Crippen molar-refractivity contribution in [2.75, 3.05) is 0 Å². The van der Waals surface area contributed by atoms with Crippen LogP contribution in [0.5, 0.6) is 0 Å². The first-order valence-electron chi connectivity index (χ1n) is 5.46. The lowest BCUT2D eigenvalue weighted by Gasteiger charge is -2.29. The number of hydrogen-bond acceptors (Lipinski definition) is 0. The van der Waals surface area contributed by atoms with Crippen LogP contribution < -0.4 is 0 Å². The van der Waals surface area contributed by atoms with Gasteiger partial charge in [-0.2, -0.15) is 0 Å². The molecule has 0 fully saturated rings. The van der Waals surface area contributed by atoms with E-state index in [-0.39, 0.29) is 0 Å². The molecule has 0 rings (SSSR count). The van der Waals surface area contributed by atoms with E-state index in [1.807, 2.05) is 0 Å². The quantitative estimate of drug-likeness (QED) is 0.526. The number of rotatable bonds is 6. The average Bonchev–Trinajstić information content (AvgIpc) is 2.12. The van der Waals surface area contributed by atoms with E-state index in [1.54, 1.807) is 0 Å². The number of hydrogen-bond donors (Lipinski definition) is 0. The van der Waals surface area contributed by atoms with Crippen LogP contribution in [0.1, 0.15) is 53.4 Å². The fraction of sp³-hybridized carbons (Fsp3) is 1.00. The van der Waals surface area contributed by atoms with E-state index in [1.165, 1.54) is 19.3 Å². The van der Waals surface area contributed by atoms with Crippen LogP contribution in [0.4, 0.5) is 0 Å². The van der Waals surface area contributed by atoms with Crippen LogP contribution in [0.25, 0.3) is 0 Å². The zero-order chi connectivity index (χ0) is 9.56. The van der Waals surface area contributed by atoms with Crippen molar-refractivity contribution in [3.8, 4) is 0 Å². The molecule has 0 saturated carbocycles. The van der Waals surface area contributed by atoms with Gasteiger partial charge in [0.2, 0.25) is 0 Å². The molecule has 0 aromatic rings. The summed E-state index contributed by atoms with van der Waals surface area (Å²) in [4.78, 5) is 0. The van der Waals surface area contributed by atoms with Gasteiger partial charge in [-0.05, 0) is 11.8 Å². The van der Waals surface area contributed by atoms with Crippen molar-refractivity contribution in [1.82, 2.24) is 0 Å². The van der Waals surface area contributed by atoms with Gasteiger partial charge in [0.05, 0.1) is 7.85 Å². The van der Waals surface area contributed by atoms with Crippen LogP contribution in [0, 0.1) is 11.8 Å². The van der Waals surface area contributed by atoms with Crippen LogP contribution in [-0.2, 0) is 0 Å². The van der Waals surface area contributed by atoms with E-state index in [0.717, 1.165) is 18.3 Å². The van der Waals surface area contributed by atoms with E-state index in [0.29, 0.717) is 5.82 Å². The Hall–Kier alpha value is 0.0649. The summed E-state index contributed by atoms with van der Waals surface area (Å²) >= 11 is 0. The minimum Gasteiger partial charge on any atom is -0.0746 e. The fourth-order valence-electron chi connectivity index (χ4n) is 2.18. The maximum Gasteiger partial charge on any atom is 0.0703 e. The zero-order valence-corrected chi connectivity index (χ0v) is 9.14. The van der Waals surface area contributed by atoms with Crippen molar-refractivity contribution in [2.45, 2.75) is 59.2 Å². The normalized spacial score (nSPS) is 16.4. The molecule has 1 heteroatoms. The first kappa shape index (κ1) is 12.1. The molecular weight excluding hydrogens is 143 g/mol. The van der Waals surface area contributed by atoms with Crippen LogP contribution in [-0.4, -0.2) is 7.85 Å². The molecule has 0 aromatic heterocycles.